The lowest BCUT2D eigenvalue weighted by Crippen LogP contribution is -2.32. The lowest BCUT2D eigenvalue weighted by atomic mass is 10.2. The smallest absolute Gasteiger partial charge is 0.329 e. The quantitative estimate of drug-likeness (QED) is 0.152. The van der Waals surface area contributed by atoms with E-state index in [-0.39, 0.29) is 29.4 Å². The van der Waals surface area contributed by atoms with Crippen LogP contribution in [0, 0.1) is 6.92 Å². The Morgan fingerprint density at radius 1 is 0.900 bits per heavy atom. The number of carbonyl (C=O) groups excluding carboxylic acids is 2. The summed E-state index contributed by atoms with van der Waals surface area (Å²) in [5.41, 5.74) is 4.11. The van der Waals surface area contributed by atoms with Crippen LogP contribution in [0.5, 0.6) is 0 Å². The molecule has 0 unspecified atom stereocenters. The number of aryl methyl sites for hydroxylation is 1. The lowest BCUT2D eigenvalue weighted by molar-refractivity contribution is -0.136. The third kappa shape index (κ3) is 7.80. The Bertz CT molecular complexity index is 1620. The number of sulfonamides is 1. The molecule has 0 spiro atoms. The molecule has 0 aliphatic carbocycles. The minimum absolute atomic E-state index is 0.0457. The fraction of sp³-hybridized carbons (Fsp3) is 0.107. The Morgan fingerprint density at radius 2 is 1.57 bits per heavy atom. The van der Waals surface area contributed by atoms with E-state index in [1.807, 2.05) is 37.3 Å². The number of hydrogen-bond acceptors (Lipinski definition) is 6. The maximum absolute atomic E-state index is 13.5. The molecule has 0 aliphatic rings. The van der Waals surface area contributed by atoms with Gasteiger partial charge in [-0.2, -0.15) is 9.41 Å². The monoisotopic (exact) mass is 598 g/mol. The van der Waals surface area contributed by atoms with Crippen LogP contribution in [-0.4, -0.2) is 30.8 Å². The number of nitrogens with one attached hydrogen (secondary N) is 2. The number of rotatable bonds is 9. The first kappa shape index (κ1) is 29.0. The van der Waals surface area contributed by atoms with E-state index in [1.54, 1.807) is 36.4 Å². The summed E-state index contributed by atoms with van der Waals surface area (Å²) in [5, 5.41) is 6.70. The molecule has 2 amide bonds. The second-order valence-corrected chi connectivity index (χ2v) is 11.5. The summed E-state index contributed by atoms with van der Waals surface area (Å²) in [7, 11) is -3.85. The van der Waals surface area contributed by atoms with E-state index < -0.39 is 21.8 Å². The first-order valence-electron chi connectivity index (χ1n) is 11.9. The van der Waals surface area contributed by atoms with Crippen molar-refractivity contribution in [2.75, 3.05) is 5.32 Å². The zero-order chi connectivity index (χ0) is 28.7. The third-order valence-corrected chi connectivity index (χ3v) is 7.80. The van der Waals surface area contributed by atoms with Gasteiger partial charge in [-0.05, 0) is 55.0 Å². The van der Waals surface area contributed by atoms with Crippen LogP contribution in [0.2, 0.25) is 10.0 Å². The topological polar surface area (TPSA) is 121 Å². The highest BCUT2D eigenvalue weighted by molar-refractivity contribution is 7.89. The van der Waals surface area contributed by atoms with Gasteiger partial charge in [0.25, 0.3) is 0 Å². The van der Waals surface area contributed by atoms with Gasteiger partial charge in [-0.3, -0.25) is 9.59 Å². The summed E-state index contributed by atoms with van der Waals surface area (Å²) in [6.07, 6.45) is 1.20. The first-order chi connectivity index (χ1) is 19.1. The summed E-state index contributed by atoms with van der Waals surface area (Å²) >= 11 is 11.8. The Morgan fingerprint density at radius 3 is 2.25 bits per heavy atom. The zero-order valence-corrected chi connectivity index (χ0v) is 23.5. The van der Waals surface area contributed by atoms with Gasteiger partial charge in [0.05, 0.1) is 17.7 Å². The van der Waals surface area contributed by atoms with Gasteiger partial charge in [0.1, 0.15) is 11.5 Å². The predicted octanol–water partition coefficient (Wildman–Crippen LogP) is 5.37. The molecule has 12 heteroatoms. The van der Waals surface area contributed by atoms with E-state index in [1.165, 1.54) is 28.7 Å². The summed E-state index contributed by atoms with van der Waals surface area (Å²) in [6.45, 7) is 1.97. The molecule has 0 saturated carbocycles. The van der Waals surface area contributed by atoms with Crippen molar-refractivity contribution in [3.05, 3.63) is 118 Å². The molecule has 206 valence electrons. The molecule has 0 aliphatic heterocycles. The average Bonchev–Trinajstić information content (AvgIpc) is 3.35. The number of nitrogens with zero attached hydrogens (tertiary/aromatic N) is 2. The van der Waals surface area contributed by atoms with Crippen molar-refractivity contribution in [3.8, 4) is 0 Å². The summed E-state index contributed by atoms with van der Waals surface area (Å²) in [6, 6.07) is 23.4. The maximum Gasteiger partial charge on any atom is 0.329 e. The summed E-state index contributed by atoms with van der Waals surface area (Å²) < 4.78 is 34.0. The van der Waals surface area contributed by atoms with Gasteiger partial charge in [-0.15, -0.1) is 0 Å². The predicted molar refractivity (Wildman–Crippen MR) is 154 cm³/mol. The van der Waals surface area contributed by atoms with Gasteiger partial charge in [-0.25, -0.2) is 13.8 Å². The van der Waals surface area contributed by atoms with Crippen LogP contribution in [0.3, 0.4) is 0 Å². The van der Waals surface area contributed by atoms with Crippen LogP contribution in [0.1, 0.15) is 22.6 Å². The van der Waals surface area contributed by atoms with Gasteiger partial charge >= 0.3 is 11.8 Å². The van der Waals surface area contributed by atoms with Gasteiger partial charge in [-0.1, -0.05) is 71.2 Å². The van der Waals surface area contributed by atoms with Crippen molar-refractivity contribution in [1.29, 1.82) is 0 Å². The highest BCUT2D eigenvalue weighted by atomic mass is 35.5. The van der Waals surface area contributed by atoms with E-state index in [0.29, 0.717) is 15.8 Å². The maximum atomic E-state index is 13.5. The molecule has 3 aromatic carbocycles. The minimum atomic E-state index is -3.85. The number of anilines is 1. The molecule has 0 fully saturated rings. The number of halogens is 2. The van der Waals surface area contributed by atoms with Crippen molar-refractivity contribution in [2.45, 2.75) is 24.9 Å². The molecule has 0 radical (unpaired) electrons. The van der Waals surface area contributed by atoms with E-state index in [4.69, 9.17) is 27.6 Å². The van der Waals surface area contributed by atoms with Crippen molar-refractivity contribution in [2.24, 2.45) is 5.10 Å². The molecule has 1 aromatic heterocycles. The van der Waals surface area contributed by atoms with Crippen LogP contribution >= 0.6 is 23.2 Å². The van der Waals surface area contributed by atoms with Crippen molar-refractivity contribution >= 4 is 56.9 Å². The van der Waals surface area contributed by atoms with Crippen LogP contribution in [-0.2, 0) is 32.7 Å². The normalized spacial score (nSPS) is 11.6. The van der Waals surface area contributed by atoms with Gasteiger partial charge in [0, 0.05) is 22.3 Å². The van der Waals surface area contributed by atoms with Crippen molar-refractivity contribution < 1.29 is 22.4 Å². The molecular formula is C28H24Cl2N4O5S. The van der Waals surface area contributed by atoms with Gasteiger partial charge in [0.2, 0.25) is 10.0 Å². The second kappa shape index (κ2) is 12.9. The minimum Gasteiger partial charge on any atom is -0.459 e. The molecule has 2 N–H and O–H groups in total. The Balaban J connectivity index is 1.43. The number of carbonyl (C=O) groups is 2. The molecule has 1 heterocycles. The number of furan rings is 1. The number of benzene rings is 3. The van der Waals surface area contributed by atoms with E-state index in [9.17, 15) is 18.0 Å². The fourth-order valence-electron chi connectivity index (χ4n) is 3.61. The van der Waals surface area contributed by atoms with Crippen molar-refractivity contribution in [1.82, 2.24) is 9.73 Å². The highest BCUT2D eigenvalue weighted by Gasteiger charge is 2.26. The molecule has 0 saturated heterocycles. The molecule has 40 heavy (non-hydrogen) atoms. The van der Waals surface area contributed by atoms with E-state index in [0.717, 1.165) is 11.1 Å². The van der Waals surface area contributed by atoms with Crippen LogP contribution in [0.4, 0.5) is 5.69 Å². The largest absolute Gasteiger partial charge is 0.459 e. The first-order valence-corrected chi connectivity index (χ1v) is 14.1. The van der Waals surface area contributed by atoms with E-state index >= 15 is 0 Å². The summed E-state index contributed by atoms with van der Waals surface area (Å²) in [4.78, 5) is 24.4. The van der Waals surface area contributed by atoms with Crippen LogP contribution in [0.25, 0.3) is 0 Å². The Labute approximate surface area is 241 Å². The number of amides is 2. The number of hydrogen-bond donors (Lipinski definition) is 2. The molecule has 0 atom stereocenters. The van der Waals surface area contributed by atoms with Crippen molar-refractivity contribution in [3.63, 3.8) is 0 Å². The SMILES string of the molecule is Cc1ccc(S(=O)(=O)N(Cc2ccccc2)Cc2ccc(/C=N/NC(=O)C(=O)Nc3cc(Cl)cc(Cl)c3)o2)cc1. The molecular weight excluding hydrogens is 575 g/mol. The molecule has 4 rings (SSSR count). The Hall–Kier alpha value is -3.96. The Kier molecular flexibility index (Phi) is 9.38. The van der Waals surface area contributed by atoms with Gasteiger partial charge < -0.3 is 9.73 Å². The third-order valence-electron chi connectivity index (χ3n) is 5.56. The second-order valence-electron chi connectivity index (χ2n) is 8.69. The van der Waals surface area contributed by atoms with Crippen LogP contribution in [0.15, 0.2) is 99.3 Å². The standard InChI is InChI=1S/C28H24Cl2N4O5S/c1-19-7-11-26(12-8-19)40(37,38)34(17-20-5-3-2-4-6-20)18-25-10-9-24(39-25)16-31-33-28(36)27(35)32-23-14-21(29)13-22(30)15-23/h2-16H,17-18H2,1H3,(H,32,35)(H,33,36)/b31-16+. The zero-order valence-electron chi connectivity index (χ0n) is 21.2. The average molecular weight is 599 g/mol. The molecule has 0 bridgehead atoms. The van der Waals surface area contributed by atoms with Crippen LogP contribution < -0.4 is 10.7 Å². The fourth-order valence-corrected chi connectivity index (χ4v) is 5.53. The molecule has 9 nitrogen and oxygen atoms in total. The number of hydrazone groups is 1. The lowest BCUT2D eigenvalue weighted by Gasteiger charge is -2.21. The van der Waals surface area contributed by atoms with Gasteiger partial charge in [0.15, 0.2) is 0 Å². The molecule has 4 aromatic rings. The highest BCUT2D eigenvalue weighted by Crippen LogP contribution is 2.23. The van der Waals surface area contributed by atoms with E-state index in [2.05, 4.69) is 15.8 Å². The summed E-state index contributed by atoms with van der Waals surface area (Å²) in [5.74, 6) is -1.41.